The van der Waals surface area contributed by atoms with Gasteiger partial charge in [-0.15, -0.1) is 5.10 Å². The molecular formula is C10H9F5N4O. The molecule has 0 saturated heterocycles. The molecular weight excluding hydrogens is 287 g/mol. The zero-order valence-corrected chi connectivity index (χ0v) is 9.79. The summed E-state index contributed by atoms with van der Waals surface area (Å²) in [6.45, 7) is -1.80. The second-order valence-corrected chi connectivity index (χ2v) is 3.49. The van der Waals surface area contributed by atoms with Gasteiger partial charge in [0.2, 0.25) is 5.96 Å². The van der Waals surface area contributed by atoms with Gasteiger partial charge in [-0.2, -0.15) is 18.3 Å². The molecule has 5 nitrogen and oxygen atoms in total. The van der Waals surface area contributed by atoms with Crippen molar-refractivity contribution in [3.8, 4) is 5.75 Å². The van der Waals surface area contributed by atoms with E-state index >= 15 is 0 Å². The molecule has 0 atom stereocenters. The topological polar surface area (TPSA) is 86.0 Å². The van der Waals surface area contributed by atoms with E-state index in [1.807, 2.05) is 0 Å². The Morgan fingerprint density at radius 2 is 1.75 bits per heavy atom. The van der Waals surface area contributed by atoms with Crippen LogP contribution in [0.3, 0.4) is 0 Å². The van der Waals surface area contributed by atoms with Crippen molar-refractivity contribution >= 4 is 12.2 Å². The van der Waals surface area contributed by atoms with E-state index in [1.165, 1.54) is 0 Å². The average Bonchev–Trinajstić information content (AvgIpc) is 2.25. The third kappa shape index (κ3) is 5.08. The van der Waals surface area contributed by atoms with Gasteiger partial charge in [-0.1, -0.05) is 0 Å². The zero-order valence-electron chi connectivity index (χ0n) is 9.79. The van der Waals surface area contributed by atoms with Gasteiger partial charge in [0.15, 0.2) is 24.0 Å². The number of alkyl halides is 3. The van der Waals surface area contributed by atoms with Gasteiger partial charge in [-0.3, -0.25) is 0 Å². The monoisotopic (exact) mass is 296 g/mol. The van der Waals surface area contributed by atoms with Crippen LogP contribution in [0, 0.1) is 11.6 Å². The molecule has 0 fully saturated rings. The predicted molar refractivity (Wildman–Crippen MR) is 61.3 cm³/mol. The fraction of sp³-hybridized carbons (Fsp3) is 0.200. The molecule has 110 valence electrons. The molecule has 1 aromatic carbocycles. The van der Waals surface area contributed by atoms with Crippen LogP contribution in [-0.4, -0.2) is 25.0 Å². The summed E-state index contributed by atoms with van der Waals surface area (Å²) >= 11 is 0. The van der Waals surface area contributed by atoms with E-state index in [0.717, 1.165) is 18.3 Å². The summed E-state index contributed by atoms with van der Waals surface area (Å²) in [5.41, 5.74) is 9.83. The van der Waals surface area contributed by atoms with Crippen LogP contribution in [0.2, 0.25) is 0 Å². The normalized spacial score (nSPS) is 11.7. The number of hydrogen-bond donors (Lipinski definition) is 2. The van der Waals surface area contributed by atoms with Crippen molar-refractivity contribution in [3.05, 3.63) is 29.3 Å². The van der Waals surface area contributed by atoms with Crippen LogP contribution >= 0.6 is 0 Å². The minimum absolute atomic E-state index is 0.0932. The lowest BCUT2D eigenvalue weighted by atomic mass is 10.2. The Balaban J connectivity index is 2.92. The van der Waals surface area contributed by atoms with Crippen molar-refractivity contribution in [2.75, 3.05) is 6.61 Å². The van der Waals surface area contributed by atoms with Gasteiger partial charge >= 0.3 is 6.18 Å². The molecule has 0 heterocycles. The second kappa shape index (κ2) is 6.17. The molecule has 0 aliphatic rings. The lowest BCUT2D eigenvalue weighted by Crippen LogP contribution is -2.21. The number of nitrogens with two attached hydrogens (primary N) is 2. The number of rotatable bonds is 4. The first kappa shape index (κ1) is 15.7. The van der Waals surface area contributed by atoms with E-state index in [4.69, 9.17) is 11.5 Å². The molecule has 10 heteroatoms. The quantitative estimate of drug-likeness (QED) is 0.382. The standard InChI is InChI=1S/C10H9F5N4O/c11-6-1-5(3-18-19-9(16)17)2-7(12)8(6)20-4-10(13,14)15/h1-3H,4H2,(H4,16,17,19). The van der Waals surface area contributed by atoms with Crippen molar-refractivity contribution in [1.29, 1.82) is 0 Å². The van der Waals surface area contributed by atoms with Gasteiger partial charge in [0.25, 0.3) is 0 Å². The molecule has 20 heavy (non-hydrogen) atoms. The van der Waals surface area contributed by atoms with Crippen LogP contribution in [0.1, 0.15) is 5.56 Å². The van der Waals surface area contributed by atoms with Crippen molar-refractivity contribution < 1.29 is 26.7 Å². The van der Waals surface area contributed by atoms with Crippen molar-refractivity contribution in [3.63, 3.8) is 0 Å². The van der Waals surface area contributed by atoms with Gasteiger partial charge in [0.05, 0.1) is 6.21 Å². The highest BCUT2D eigenvalue weighted by Crippen LogP contribution is 2.25. The minimum Gasteiger partial charge on any atom is -0.478 e. The molecule has 4 N–H and O–H groups in total. The average molecular weight is 296 g/mol. The smallest absolute Gasteiger partial charge is 0.422 e. The number of hydrogen-bond acceptors (Lipinski definition) is 3. The Bertz CT molecular complexity index is 514. The van der Waals surface area contributed by atoms with Crippen LogP contribution in [0.4, 0.5) is 22.0 Å². The van der Waals surface area contributed by atoms with Crippen LogP contribution < -0.4 is 16.2 Å². The Morgan fingerprint density at radius 3 is 2.20 bits per heavy atom. The highest BCUT2D eigenvalue weighted by Gasteiger charge is 2.29. The van der Waals surface area contributed by atoms with Gasteiger partial charge in [-0.25, -0.2) is 8.78 Å². The summed E-state index contributed by atoms with van der Waals surface area (Å²) in [4.78, 5) is 0. The van der Waals surface area contributed by atoms with Crippen molar-refractivity contribution in [2.45, 2.75) is 6.18 Å². The van der Waals surface area contributed by atoms with Crippen LogP contribution in [0.15, 0.2) is 22.3 Å². The lowest BCUT2D eigenvalue weighted by molar-refractivity contribution is -0.154. The highest BCUT2D eigenvalue weighted by molar-refractivity contribution is 5.81. The Kier molecular flexibility index (Phi) is 4.83. The molecule has 0 amide bonds. The molecule has 0 bridgehead atoms. The molecule has 0 saturated carbocycles. The van der Waals surface area contributed by atoms with Gasteiger partial charge < -0.3 is 16.2 Å². The molecule has 1 rings (SSSR count). The third-order valence-corrected chi connectivity index (χ3v) is 1.78. The maximum atomic E-state index is 13.4. The van der Waals surface area contributed by atoms with Gasteiger partial charge in [-0.05, 0) is 12.1 Å². The Morgan fingerprint density at radius 1 is 1.20 bits per heavy atom. The van der Waals surface area contributed by atoms with E-state index in [1.54, 1.807) is 0 Å². The molecule has 0 radical (unpaired) electrons. The van der Waals surface area contributed by atoms with Crippen molar-refractivity contribution in [1.82, 2.24) is 0 Å². The first-order chi connectivity index (χ1) is 9.19. The number of benzene rings is 1. The fourth-order valence-corrected chi connectivity index (χ4v) is 1.11. The van der Waals surface area contributed by atoms with E-state index < -0.39 is 30.2 Å². The van der Waals surface area contributed by atoms with E-state index in [0.29, 0.717) is 0 Å². The van der Waals surface area contributed by atoms with Crippen LogP contribution in [0.5, 0.6) is 5.75 Å². The van der Waals surface area contributed by atoms with Crippen molar-refractivity contribution in [2.24, 2.45) is 21.7 Å². The second-order valence-electron chi connectivity index (χ2n) is 3.49. The van der Waals surface area contributed by atoms with Gasteiger partial charge in [0, 0.05) is 5.56 Å². The SMILES string of the molecule is NC(N)=NN=Cc1cc(F)c(OCC(F)(F)F)c(F)c1. The molecule has 0 aromatic heterocycles. The van der Waals surface area contributed by atoms with E-state index in [9.17, 15) is 22.0 Å². The van der Waals surface area contributed by atoms with E-state index in [2.05, 4.69) is 14.9 Å². The largest absolute Gasteiger partial charge is 0.478 e. The molecule has 0 spiro atoms. The third-order valence-electron chi connectivity index (χ3n) is 1.78. The number of guanidine groups is 1. The minimum atomic E-state index is -4.70. The van der Waals surface area contributed by atoms with Crippen LogP contribution in [0.25, 0.3) is 0 Å². The summed E-state index contributed by atoms with van der Waals surface area (Å²) in [7, 11) is 0. The summed E-state index contributed by atoms with van der Waals surface area (Å²) in [6.07, 6.45) is -3.79. The van der Waals surface area contributed by atoms with Crippen LogP contribution in [-0.2, 0) is 0 Å². The number of ether oxygens (including phenoxy) is 1. The zero-order chi connectivity index (χ0) is 15.3. The first-order valence-corrected chi connectivity index (χ1v) is 4.99. The fourth-order valence-electron chi connectivity index (χ4n) is 1.11. The predicted octanol–water partition coefficient (Wildman–Crippen LogP) is 1.51. The van der Waals surface area contributed by atoms with Gasteiger partial charge in [0.1, 0.15) is 0 Å². The summed E-state index contributed by atoms with van der Waals surface area (Å²) in [5.74, 6) is -4.10. The number of halogens is 5. The molecule has 1 aromatic rings. The molecule has 0 unspecified atom stereocenters. The summed E-state index contributed by atoms with van der Waals surface area (Å²) in [6, 6.07) is 1.45. The Hall–Kier alpha value is -2.39. The maximum Gasteiger partial charge on any atom is 0.422 e. The number of nitrogens with zero attached hydrogens (tertiary/aromatic N) is 2. The summed E-state index contributed by atoms with van der Waals surface area (Å²) in [5, 5.41) is 6.48. The Labute approximate surface area is 109 Å². The molecule has 0 aliphatic carbocycles. The van der Waals surface area contributed by atoms with E-state index in [-0.39, 0.29) is 11.5 Å². The first-order valence-electron chi connectivity index (χ1n) is 4.99. The lowest BCUT2D eigenvalue weighted by Gasteiger charge is -2.10. The highest BCUT2D eigenvalue weighted by atomic mass is 19.4. The molecule has 0 aliphatic heterocycles. The maximum absolute atomic E-state index is 13.4. The summed E-state index contributed by atoms with van der Waals surface area (Å²) < 4.78 is 66.5.